The monoisotopic (exact) mass is 241 g/mol. The first-order valence-corrected chi connectivity index (χ1v) is 6.23. The summed E-state index contributed by atoms with van der Waals surface area (Å²) in [5.74, 6) is -0.0986. The highest BCUT2D eigenvalue weighted by Crippen LogP contribution is 2.20. The Bertz CT molecular complexity index is 291. The molecule has 5 nitrogen and oxygen atoms in total. The fourth-order valence-electron chi connectivity index (χ4n) is 2.32. The number of likely N-dealkylation sites (tertiary alicyclic amines) is 1. The van der Waals surface area contributed by atoms with Gasteiger partial charge in [0.2, 0.25) is 11.8 Å². The molecule has 1 aliphatic rings. The van der Waals surface area contributed by atoms with Gasteiger partial charge in [-0.1, -0.05) is 13.8 Å². The molecule has 4 N–H and O–H groups in total. The smallest absolute Gasteiger partial charge is 0.226 e. The summed E-state index contributed by atoms with van der Waals surface area (Å²) in [6, 6.07) is 0. The SMILES string of the molecule is CC(C)CC(CN)C(=O)N1CCC(C(N)=O)C1. The molecule has 0 aliphatic carbocycles. The third-order valence-corrected chi connectivity index (χ3v) is 3.29. The van der Waals surface area contributed by atoms with Gasteiger partial charge >= 0.3 is 0 Å². The molecule has 98 valence electrons. The van der Waals surface area contributed by atoms with Crippen LogP contribution in [0, 0.1) is 17.8 Å². The Morgan fingerprint density at radius 2 is 2.06 bits per heavy atom. The molecule has 2 atom stereocenters. The number of rotatable bonds is 5. The van der Waals surface area contributed by atoms with Crippen LogP contribution in [0.2, 0.25) is 0 Å². The number of nitrogens with zero attached hydrogens (tertiary/aromatic N) is 1. The minimum absolute atomic E-state index is 0.0740. The fraction of sp³-hybridized carbons (Fsp3) is 0.833. The van der Waals surface area contributed by atoms with Crippen molar-refractivity contribution in [2.45, 2.75) is 26.7 Å². The highest BCUT2D eigenvalue weighted by molar-refractivity contribution is 5.82. The minimum Gasteiger partial charge on any atom is -0.369 e. The highest BCUT2D eigenvalue weighted by atomic mass is 16.2. The molecule has 0 aromatic heterocycles. The Hall–Kier alpha value is -1.10. The van der Waals surface area contributed by atoms with E-state index in [0.717, 1.165) is 6.42 Å². The van der Waals surface area contributed by atoms with Gasteiger partial charge in [-0.05, 0) is 18.8 Å². The second kappa shape index (κ2) is 6.00. The molecule has 0 aromatic carbocycles. The van der Waals surface area contributed by atoms with Crippen LogP contribution >= 0.6 is 0 Å². The molecule has 1 rings (SSSR count). The Morgan fingerprint density at radius 3 is 2.47 bits per heavy atom. The number of carbonyl (C=O) groups excluding carboxylic acids is 2. The van der Waals surface area contributed by atoms with Crippen LogP contribution in [0.1, 0.15) is 26.7 Å². The van der Waals surface area contributed by atoms with Crippen LogP contribution in [-0.4, -0.2) is 36.3 Å². The van der Waals surface area contributed by atoms with E-state index < -0.39 is 0 Å². The molecule has 1 aliphatic heterocycles. The van der Waals surface area contributed by atoms with Crippen LogP contribution in [0.25, 0.3) is 0 Å². The average Bonchev–Trinajstić information content (AvgIpc) is 2.73. The lowest BCUT2D eigenvalue weighted by molar-refractivity contribution is -0.135. The predicted molar refractivity (Wildman–Crippen MR) is 65.9 cm³/mol. The summed E-state index contributed by atoms with van der Waals surface area (Å²) in [6.07, 6.45) is 1.48. The van der Waals surface area contributed by atoms with Gasteiger partial charge in [0.05, 0.1) is 11.8 Å². The molecule has 0 bridgehead atoms. The van der Waals surface area contributed by atoms with E-state index in [4.69, 9.17) is 11.5 Å². The number of nitrogens with two attached hydrogens (primary N) is 2. The van der Waals surface area contributed by atoms with E-state index in [9.17, 15) is 9.59 Å². The molecular formula is C12H23N3O2. The molecule has 0 aromatic rings. The zero-order chi connectivity index (χ0) is 13.0. The van der Waals surface area contributed by atoms with Crippen LogP contribution in [0.3, 0.4) is 0 Å². The summed E-state index contributed by atoms with van der Waals surface area (Å²) in [5, 5.41) is 0. The summed E-state index contributed by atoms with van der Waals surface area (Å²) >= 11 is 0. The van der Waals surface area contributed by atoms with Crippen molar-refractivity contribution in [2.75, 3.05) is 19.6 Å². The Kier molecular flexibility index (Phi) is 4.93. The molecule has 5 heteroatoms. The van der Waals surface area contributed by atoms with Gasteiger partial charge in [0, 0.05) is 19.6 Å². The number of hydrogen-bond donors (Lipinski definition) is 2. The van der Waals surface area contributed by atoms with Crippen molar-refractivity contribution >= 4 is 11.8 Å². The van der Waals surface area contributed by atoms with E-state index in [0.29, 0.717) is 32.0 Å². The van der Waals surface area contributed by atoms with Gasteiger partial charge in [0.25, 0.3) is 0 Å². The van der Waals surface area contributed by atoms with Crippen molar-refractivity contribution in [3.8, 4) is 0 Å². The Labute approximate surface area is 103 Å². The lowest BCUT2D eigenvalue weighted by atomic mass is 9.96. The largest absolute Gasteiger partial charge is 0.369 e. The lowest BCUT2D eigenvalue weighted by Gasteiger charge is -2.23. The Balaban J connectivity index is 2.55. The topological polar surface area (TPSA) is 89.4 Å². The van der Waals surface area contributed by atoms with E-state index in [-0.39, 0.29) is 23.7 Å². The Morgan fingerprint density at radius 1 is 1.41 bits per heavy atom. The fourth-order valence-corrected chi connectivity index (χ4v) is 2.32. The molecule has 2 unspecified atom stereocenters. The maximum absolute atomic E-state index is 12.2. The normalized spacial score (nSPS) is 21.9. The second-order valence-electron chi connectivity index (χ2n) is 5.23. The third-order valence-electron chi connectivity index (χ3n) is 3.29. The molecule has 1 heterocycles. The molecule has 0 saturated carbocycles. The zero-order valence-corrected chi connectivity index (χ0v) is 10.7. The van der Waals surface area contributed by atoms with Gasteiger partial charge in [0.15, 0.2) is 0 Å². The van der Waals surface area contributed by atoms with E-state index >= 15 is 0 Å². The third kappa shape index (κ3) is 3.70. The zero-order valence-electron chi connectivity index (χ0n) is 10.7. The predicted octanol–water partition coefficient (Wildman–Crippen LogP) is -0.0588. The quantitative estimate of drug-likeness (QED) is 0.706. The van der Waals surface area contributed by atoms with Gasteiger partial charge in [-0.2, -0.15) is 0 Å². The van der Waals surface area contributed by atoms with E-state index in [1.54, 1.807) is 4.90 Å². The van der Waals surface area contributed by atoms with E-state index in [1.165, 1.54) is 0 Å². The number of carbonyl (C=O) groups is 2. The minimum atomic E-state index is -0.312. The molecule has 1 saturated heterocycles. The van der Waals surface area contributed by atoms with Crippen LogP contribution in [0.4, 0.5) is 0 Å². The van der Waals surface area contributed by atoms with Crippen molar-refractivity contribution in [1.82, 2.24) is 4.90 Å². The number of hydrogen-bond acceptors (Lipinski definition) is 3. The summed E-state index contributed by atoms with van der Waals surface area (Å²) in [7, 11) is 0. The highest BCUT2D eigenvalue weighted by Gasteiger charge is 2.32. The van der Waals surface area contributed by atoms with Gasteiger partial charge in [-0.3, -0.25) is 9.59 Å². The molecular weight excluding hydrogens is 218 g/mol. The second-order valence-corrected chi connectivity index (χ2v) is 5.23. The molecule has 2 amide bonds. The molecule has 1 fully saturated rings. The summed E-state index contributed by atoms with van der Waals surface area (Å²) in [4.78, 5) is 25.0. The van der Waals surface area contributed by atoms with Crippen molar-refractivity contribution in [1.29, 1.82) is 0 Å². The van der Waals surface area contributed by atoms with Crippen molar-refractivity contribution in [3.63, 3.8) is 0 Å². The van der Waals surface area contributed by atoms with Gasteiger partial charge < -0.3 is 16.4 Å². The first kappa shape index (κ1) is 14.0. The molecule has 17 heavy (non-hydrogen) atoms. The van der Waals surface area contributed by atoms with E-state index in [1.807, 2.05) is 0 Å². The van der Waals surface area contributed by atoms with Crippen molar-refractivity contribution in [2.24, 2.45) is 29.2 Å². The van der Waals surface area contributed by atoms with Crippen LogP contribution in [0.5, 0.6) is 0 Å². The standard InChI is InChI=1S/C12H23N3O2/c1-8(2)5-10(6-13)12(17)15-4-3-9(7-15)11(14)16/h8-10H,3-7,13H2,1-2H3,(H2,14,16). The van der Waals surface area contributed by atoms with Crippen molar-refractivity contribution in [3.05, 3.63) is 0 Å². The first-order chi connectivity index (χ1) is 7.95. The molecule has 0 radical (unpaired) electrons. The average molecular weight is 241 g/mol. The van der Waals surface area contributed by atoms with E-state index in [2.05, 4.69) is 13.8 Å². The maximum Gasteiger partial charge on any atom is 0.226 e. The van der Waals surface area contributed by atoms with Crippen LogP contribution in [0.15, 0.2) is 0 Å². The van der Waals surface area contributed by atoms with Crippen molar-refractivity contribution < 1.29 is 9.59 Å². The number of primary amides is 1. The van der Waals surface area contributed by atoms with Crippen LogP contribution < -0.4 is 11.5 Å². The van der Waals surface area contributed by atoms with Gasteiger partial charge in [-0.15, -0.1) is 0 Å². The number of amides is 2. The summed E-state index contributed by atoms with van der Waals surface area (Å²) in [5.41, 5.74) is 10.9. The first-order valence-electron chi connectivity index (χ1n) is 6.23. The summed E-state index contributed by atoms with van der Waals surface area (Å²) < 4.78 is 0. The summed E-state index contributed by atoms with van der Waals surface area (Å²) in [6.45, 7) is 5.61. The molecule has 0 spiro atoms. The van der Waals surface area contributed by atoms with Crippen LogP contribution in [-0.2, 0) is 9.59 Å². The van der Waals surface area contributed by atoms with Gasteiger partial charge in [0.1, 0.15) is 0 Å². The maximum atomic E-state index is 12.2. The lowest BCUT2D eigenvalue weighted by Crippen LogP contribution is -2.39. The van der Waals surface area contributed by atoms with Gasteiger partial charge in [-0.25, -0.2) is 0 Å².